The third kappa shape index (κ3) is 4.35. The molecule has 7 heteroatoms. The summed E-state index contributed by atoms with van der Waals surface area (Å²) in [6.07, 6.45) is 1.48. The molecule has 3 rings (SSSR count). The number of hydrogen-bond acceptors (Lipinski definition) is 4. The van der Waals surface area contributed by atoms with E-state index in [1.807, 2.05) is 32.0 Å². The van der Waals surface area contributed by atoms with Crippen LogP contribution in [0, 0.1) is 19.8 Å². The molecule has 0 saturated carbocycles. The third-order valence-corrected chi connectivity index (χ3v) is 5.82. The number of aryl methyl sites for hydroxylation is 1. The van der Waals surface area contributed by atoms with E-state index in [0.717, 1.165) is 16.8 Å². The lowest BCUT2D eigenvalue weighted by Gasteiger charge is -2.35. The fourth-order valence-corrected chi connectivity index (χ4v) is 4.05. The molecule has 2 aliphatic rings. The van der Waals surface area contributed by atoms with Gasteiger partial charge in [-0.25, -0.2) is 0 Å². The molecular weight excluding hydrogens is 360 g/mol. The Labute approximate surface area is 165 Å². The second-order valence-electron chi connectivity index (χ2n) is 7.64. The van der Waals surface area contributed by atoms with Gasteiger partial charge in [-0.3, -0.25) is 14.4 Å². The van der Waals surface area contributed by atoms with E-state index >= 15 is 0 Å². The fourth-order valence-electron chi connectivity index (χ4n) is 4.05. The standard InChI is InChI=1S/C21H28N2O5/c1-14-4-3-5-18(15(14)2)23-13-16(12-19(23)24)21(27)22(9-6-20(25)26)17-7-10-28-11-8-17/h3-5,16-17H,6-13H2,1-2H3,(H,25,26). The molecule has 1 aromatic carbocycles. The lowest BCUT2D eigenvalue weighted by Crippen LogP contribution is -2.47. The summed E-state index contributed by atoms with van der Waals surface area (Å²) in [5.41, 5.74) is 2.99. The number of carbonyl (C=O) groups excluding carboxylic acids is 2. The van der Waals surface area contributed by atoms with Crippen molar-refractivity contribution in [2.24, 2.45) is 5.92 Å². The molecule has 0 aromatic heterocycles. The summed E-state index contributed by atoms with van der Waals surface area (Å²) in [5, 5.41) is 9.07. The summed E-state index contributed by atoms with van der Waals surface area (Å²) in [6.45, 7) is 5.64. The van der Waals surface area contributed by atoms with Gasteiger partial charge in [-0.2, -0.15) is 0 Å². The van der Waals surface area contributed by atoms with Crippen LogP contribution in [-0.2, 0) is 19.1 Å². The first-order valence-electron chi connectivity index (χ1n) is 9.85. The number of anilines is 1. The Balaban J connectivity index is 1.76. The van der Waals surface area contributed by atoms with Gasteiger partial charge in [-0.1, -0.05) is 12.1 Å². The van der Waals surface area contributed by atoms with Crippen molar-refractivity contribution >= 4 is 23.5 Å². The Morgan fingerprint density at radius 2 is 1.96 bits per heavy atom. The molecule has 0 radical (unpaired) electrons. The van der Waals surface area contributed by atoms with Gasteiger partial charge in [0.25, 0.3) is 0 Å². The zero-order valence-electron chi connectivity index (χ0n) is 16.5. The van der Waals surface area contributed by atoms with Crippen LogP contribution in [0.4, 0.5) is 5.69 Å². The second kappa shape index (κ2) is 8.73. The van der Waals surface area contributed by atoms with Gasteiger partial charge in [0.05, 0.1) is 12.3 Å². The number of nitrogens with zero attached hydrogens (tertiary/aromatic N) is 2. The number of benzene rings is 1. The van der Waals surface area contributed by atoms with Crippen LogP contribution in [-0.4, -0.2) is 60.1 Å². The lowest BCUT2D eigenvalue weighted by atomic mass is 10.0. The smallest absolute Gasteiger partial charge is 0.305 e. The second-order valence-corrected chi connectivity index (χ2v) is 7.64. The number of aliphatic carboxylic acids is 1. The van der Waals surface area contributed by atoms with Crippen LogP contribution in [0.3, 0.4) is 0 Å². The SMILES string of the molecule is Cc1cccc(N2CC(C(=O)N(CCC(=O)O)C3CCOCC3)CC2=O)c1C. The van der Waals surface area contributed by atoms with E-state index < -0.39 is 11.9 Å². The quantitative estimate of drug-likeness (QED) is 0.807. The summed E-state index contributed by atoms with van der Waals surface area (Å²) in [5.74, 6) is -1.54. The van der Waals surface area contributed by atoms with Crippen LogP contribution in [0.5, 0.6) is 0 Å². The van der Waals surface area contributed by atoms with Gasteiger partial charge in [0.15, 0.2) is 0 Å². The average Bonchev–Trinajstić information content (AvgIpc) is 3.06. The van der Waals surface area contributed by atoms with Gasteiger partial charge in [0.1, 0.15) is 0 Å². The number of hydrogen-bond donors (Lipinski definition) is 1. The highest BCUT2D eigenvalue weighted by atomic mass is 16.5. The van der Waals surface area contributed by atoms with Gasteiger partial charge in [0, 0.05) is 44.5 Å². The van der Waals surface area contributed by atoms with E-state index in [0.29, 0.717) is 32.6 Å². The fraction of sp³-hybridized carbons (Fsp3) is 0.571. The normalized spacial score (nSPS) is 20.4. The van der Waals surface area contributed by atoms with Crippen LogP contribution in [0.2, 0.25) is 0 Å². The predicted molar refractivity (Wildman–Crippen MR) is 104 cm³/mol. The molecule has 2 fully saturated rings. The molecule has 0 aliphatic carbocycles. The van der Waals surface area contributed by atoms with Gasteiger partial charge < -0.3 is 19.6 Å². The van der Waals surface area contributed by atoms with Gasteiger partial charge in [0.2, 0.25) is 11.8 Å². The molecule has 2 heterocycles. The van der Waals surface area contributed by atoms with Crippen molar-refractivity contribution in [1.82, 2.24) is 4.90 Å². The Morgan fingerprint density at radius 3 is 2.64 bits per heavy atom. The summed E-state index contributed by atoms with van der Waals surface area (Å²) < 4.78 is 5.38. The molecule has 1 atom stereocenters. The van der Waals surface area contributed by atoms with Gasteiger partial charge >= 0.3 is 5.97 Å². The molecule has 28 heavy (non-hydrogen) atoms. The molecule has 2 aliphatic heterocycles. The number of carboxylic acid groups (broad SMARTS) is 1. The van der Waals surface area contributed by atoms with E-state index in [2.05, 4.69) is 0 Å². The highest BCUT2D eigenvalue weighted by molar-refractivity contribution is 6.01. The topological polar surface area (TPSA) is 87.2 Å². The number of amides is 2. The van der Waals surface area contributed by atoms with Crippen molar-refractivity contribution in [3.05, 3.63) is 29.3 Å². The Bertz CT molecular complexity index is 757. The Hall–Kier alpha value is -2.41. The van der Waals surface area contributed by atoms with Crippen LogP contribution in [0.15, 0.2) is 18.2 Å². The maximum absolute atomic E-state index is 13.2. The van der Waals surface area contributed by atoms with Crippen molar-refractivity contribution < 1.29 is 24.2 Å². The molecule has 0 spiro atoms. The maximum atomic E-state index is 13.2. The van der Waals surface area contributed by atoms with E-state index in [9.17, 15) is 14.4 Å². The van der Waals surface area contributed by atoms with E-state index in [1.54, 1.807) is 9.80 Å². The molecule has 0 bridgehead atoms. The minimum absolute atomic E-state index is 0.0227. The van der Waals surface area contributed by atoms with E-state index in [-0.39, 0.29) is 37.2 Å². The van der Waals surface area contributed by atoms with Crippen molar-refractivity contribution in [3.8, 4) is 0 Å². The van der Waals surface area contributed by atoms with Gasteiger partial charge in [-0.15, -0.1) is 0 Å². The zero-order chi connectivity index (χ0) is 20.3. The first-order chi connectivity index (χ1) is 13.4. The first kappa shape index (κ1) is 20.3. The molecule has 7 nitrogen and oxygen atoms in total. The molecule has 2 amide bonds. The van der Waals surface area contributed by atoms with Crippen LogP contribution in [0.25, 0.3) is 0 Å². The summed E-state index contributed by atoms with van der Waals surface area (Å²) in [6, 6.07) is 5.81. The van der Waals surface area contributed by atoms with Crippen LogP contribution in [0.1, 0.15) is 36.8 Å². The van der Waals surface area contributed by atoms with E-state index in [4.69, 9.17) is 9.84 Å². The van der Waals surface area contributed by atoms with Crippen molar-refractivity contribution in [2.45, 2.75) is 45.6 Å². The van der Waals surface area contributed by atoms with Crippen molar-refractivity contribution in [1.29, 1.82) is 0 Å². The van der Waals surface area contributed by atoms with Crippen LogP contribution >= 0.6 is 0 Å². The Morgan fingerprint density at radius 1 is 1.25 bits per heavy atom. The highest BCUT2D eigenvalue weighted by Gasteiger charge is 2.39. The minimum atomic E-state index is -0.927. The monoisotopic (exact) mass is 388 g/mol. The number of carbonyl (C=O) groups is 3. The Kier molecular flexibility index (Phi) is 6.34. The molecule has 1 aromatic rings. The molecule has 1 unspecified atom stereocenters. The maximum Gasteiger partial charge on any atom is 0.305 e. The van der Waals surface area contributed by atoms with Gasteiger partial charge in [-0.05, 0) is 43.9 Å². The van der Waals surface area contributed by atoms with Crippen molar-refractivity contribution in [2.75, 3.05) is 31.2 Å². The highest BCUT2D eigenvalue weighted by Crippen LogP contribution is 2.31. The third-order valence-electron chi connectivity index (χ3n) is 5.82. The lowest BCUT2D eigenvalue weighted by molar-refractivity contribution is -0.142. The van der Waals surface area contributed by atoms with Crippen molar-refractivity contribution in [3.63, 3.8) is 0 Å². The molecule has 1 N–H and O–H groups in total. The number of rotatable bonds is 6. The first-order valence-corrected chi connectivity index (χ1v) is 9.85. The molecular formula is C21H28N2O5. The number of ether oxygens (including phenoxy) is 1. The molecule has 152 valence electrons. The average molecular weight is 388 g/mol. The van der Waals surface area contributed by atoms with Crippen LogP contribution < -0.4 is 4.90 Å². The summed E-state index contributed by atoms with van der Waals surface area (Å²) >= 11 is 0. The number of carboxylic acids is 1. The zero-order valence-corrected chi connectivity index (χ0v) is 16.5. The molecule has 2 saturated heterocycles. The minimum Gasteiger partial charge on any atom is -0.481 e. The largest absolute Gasteiger partial charge is 0.481 e. The van der Waals surface area contributed by atoms with E-state index in [1.165, 1.54) is 0 Å². The summed E-state index contributed by atoms with van der Waals surface area (Å²) in [4.78, 5) is 40.3. The summed E-state index contributed by atoms with van der Waals surface area (Å²) in [7, 11) is 0. The predicted octanol–water partition coefficient (Wildman–Crippen LogP) is 2.14.